The minimum Gasteiger partial charge on any atom is -0.487 e. The van der Waals surface area contributed by atoms with Crippen LogP contribution >= 0.6 is 27.3 Å². The molecule has 0 radical (unpaired) electrons. The number of benzene rings is 1. The molecule has 0 saturated heterocycles. The highest BCUT2D eigenvalue weighted by Gasteiger charge is 2.10. The van der Waals surface area contributed by atoms with E-state index in [1.54, 1.807) is 18.3 Å². The lowest BCUT2D eigenvalue weighted by molar-refractivity contribution is 0.189. The van der Waals surface area contributed by atoms with E-state index in [0.717, 1.165) is 20.7 Å². The van der Waals surface area contributed by atoms with Crippen LogP contribution in [0, 0.1) is 6.92 Å². The van der Waals surface area contributed by atoms with E-state index >= 15 is 0 Å². The minimum absolute atomic E-state index is 0.422. The van der Waals surface area contributed by atoms with Gasteiger partial charge in [-0.1, -0.05) is 15.9 Å². The van der Waals surface area contributed by atoms with Crippen molar-refractivity contribution in [2.75, 3.05) is 0 Å². The van der Waals surface area contributed by atoms with Crippen LogP contribution in [0.5, 0.6) is 5.75 Å². The summed E-state index contributed by atoms with van der Waals surface area (Å²) >= 11 is 4.99. The predicted octanol–water partition coefficient (Wildman–Crippen LogP) is 3.85. The highest BCUT2D eigenvalue weighted by molar-refractivity contribution is 9.10. The Hall–Kier alpha value is -0.910. The molecular formula is C13H14BrNO2S. The molecule has 3 nitrogen and oxygen atoms in total. The minimum atomic E-state index is -0.560. The van der Waals surface area contributed by atoms with Crippen LogP contribution in [0.25, 0.3) is 0 Å². The van der Waals surface area contributed by atoms with E-state index in [1.807, 2.05) is 30.5 Å². The van der Waals surface area contributed by atoms with Gasteiger partial charge < -0.3 is 9.84 Å². The Kier molecular flexibility index (Phi) is 4.37. The molecule has 1 N–H and O–H groups in total. The molecule has 0 saturated carbocycles. The monoisotopic (exact) mass is 327 g/mol. The van der Waals surface area contributed by atoms with Gasteiger partial charge in [-0.15, -0.1) is 11.3 Å². The fraction of sp³-hybridized carbons (Fsp3) is 0.308. The standard InChI is InChI=1S/C13H14BrNO2S/c1-8(16)12-5-10(14)3-4-13(12)17-6-11-7-18-9(2)15-11/h3-5,7-8,16H,6H2,1-2H3/t8-/m0/s1. The second-order valence-electron chi connectivity index (χ2n) is 4.00. The lowest BCUT2D eigenvalue weighted by atomic mass is 10.1. The van der Waals surface area contributed by atoms with E-state index in [2.05, 4.69) is 20.9 Å². The number of aryl methyl sites for hydroxylation is 1. The molecule has 0 fully saturated rings. The van der Waals surface area contributed by atoms with Gasteiger partial charge in [0.1, 0.15) is 12.4 Å². The number of nitrogens with zero attached hydrogens (tertiary/aromatic N) is 1. The molecule has 0 aliphatic rings. The van der Waals surface area contributed by atoms with Gasteiger partial charge >= 0.3 is 0 Å². The van der Waals surface area contributed by atoms with Crippen LogP contribution in [0.4, 0.5) is 0 Å². The fourth-order valence-corrected chi connectivity index (χ4v) is 2.58. The Balaban J connectivity index is 2.13. The number of thiazole rings is 1. The molecule has 1 heterocycles. The van der Waals surface area contributed by atoms with E-state index in [-0.39, 0.29) is 0 Å². The maximum Gasteiger partial charge on any atom is 0.131 e. The van der Waals surface area contributed by atoms with Crippen LogP contribution in [0.1, 0.15) is 29.3 Å². The summed E-state index contributed by atoms with van der Waals surface area (Å²) in [6, 6.07) is 5.62. The van der Waals surface area contributed by atoms with Gasteiger partial charge in [0.15, 0.2) is 0 Å². The maximum atomic E-state index is 9.72. The van der Waals surface area contributed by atoms with Crippen molar-refractivity contribution in [2.45, 2.75) is 26.6 Å². The fourth-order valence-electron chi connectivity index (χ4n) is 1.60. The van der Waals surface area contributed by atoms with Gasteiger partial charge in [0.05, 0.1) is 16.8 Å². The zero-order valence-electron chi connectivity index (χ0n) is 10.2. The highest BCUT2D eigenvalue weighted by Crippen LogP contribution is 2.29. The molecule has 0 spiro atoms. The van der Waals surface area contributed by atoms with Gasteiger partial charge in [-0.3, -0.25) is 0 Å². The van der Waals surface area contributed by atoms with Crippen molar-refractivity contribution in [1.29, 1.82) is 0 Å². The zero-order chi connectivity index (χ0) is 13.1. The number of aromatic nitrogens is 1. The number of aliphatic hydroxyl groups is 1. The number of halogens is 1. The first-order chi connectivity index (χ1) is 8.56. The van der Waals surface area contributed by atoms with Crippen molar-refractivity contribution in [3.05, 3.63) is 44.3 Å². The van der Waals surface area contributed by atoms with E-state index in [1.165, 1.54) is 0 Å². The van der Waals surface area contributed by atoms with Crippen molar-refractivity contribution < 1.29 is 9.84 Å². The summed E-state index contributed by atoms with van der Waals surface area (Å²) in [6.45, 7) is 4.11. The molecule has 1 aromatic carbocycles. The Morgan fingerprint density at radius 3 is 2.89 bits per heavy atom. The SMILES string of the molecule is Cc1nc(COc2ccc(Br)cc2[C@H](C)O)cs1. The molecule has 0 aliphatic carbocycles. The molecule has 5 heteroatoms. The summed E-state index contributed by atoms with van der Waals surface area (Å²) in [5.74, 6) is 0.693. The molecule has 0 unspecified atom stereocenters. The molecule has 2 rings (SSSR count). The number of hydrogen-bond donors (Lipinski definition) is 1. The molecule has 18 heavy (non-hydrogen) atoms. The third-order valence-corrected chi connectivity index (χ3v) is 3.78. The van der Waals surface area contributed by atoms with Gasteiger partial charge in [0, 0.05) is 15.4 Å². The summed E-state index contributed by atoms with van der Waals surface area (Å²) in [5.41, 5.74) is 1.69. The summed E-state index contributed by atoms with van der Waals surface area (Å²) in [4.78, 5) is 4.34. The molecular weight excluding hydrogens is 314 g/mol. The number of ether oxygens (including phenoxy) is 1. The molecule has 1 atom stereocenters. The van der Waals surface area contributed by atoms with Crippen molar-refractivity contribution in [2.24, 2.45) is 0 Å². The quantitative estimate of drug-likeness (QED) is 0.927. The van der Waals surface area contributed by atoms with Gasteiger partial charge in [0.25, 0.3) is 0 Å². The van der Waals surface area contributed by atoms with Gasteiger partial charge in [0.2, 0.25) is 0 Å². The molecule has 0 bridgehead atoms. The molecule has 1 aromatic heterocycles. The summed E-state index contributed by atoms with van der Waals surface area (Å²) in [7, 11) is 0. The van der Waals surface area contributed by atoms with Crippen LogP contribution < -0.4 is 4.74 Å². The normalized spacial score (nSPS) is 12.4. The lowest BCUT2D eigenvalue weighted by Gasteiger charge is -2.13. The lowest BCUT2D eigenvalue weighted by Crippen LogP contribution is -2.01. The van der Waals surface area contributed by atoms with E-state index in [9.17, 15) is 5.11 Å². The Morgan fingerprint density at radius 1 is 1.50 bits per heavy atom. The smallest absolute Gasteiger partial charge is 0.131 e. The van der Waals surface area contributed by atoms with E-state index in [4.69, 9.17) is 4.74 Å². The first-order valence-corrected chi connectivity index (χ1v) is 7.25. The Morgan fingerprint density at radius 2 is 2.28 bits per heavy atom. The average molecular weight is 328 g/mol. The number of aliphatic hydroxyl groups excluding tert-OH is 1. The van der Waals surface area contributed by atoms with E-state index < -0.39 is 6.10 Å². The van der Waals surface area contributed by atoms with Crippen LogP contribution in [0.2, 0.25) is 0 Å². The highest BCUT2D eigenvalue weighted by atomic mass is 79.9. The first-order valence-electron chi connectivity index (χ1n) is 5.57. The largest absolute Gasteiger partial charge is 0.487 e. The average Bonchev–Trinajstić information content (AvgIpc) is 2.73. The summed E-state index contributed by atoms with van der Waals surface area (Å²) in [5, 5.41) is 12.7. The predicted molar refractivity (Wildman–Crippen MR) is 76.0 cm³/mol. The Labute approximate surface area is 119 Å². The van der Waals surface area contributed by atoms with Gasteiger partial charge in [-0.2, -0.15) is 0 Å². The van der Waals surface area contributed by atoms with Crippen molar-refractivity contribution in [3.63, 3.8) is 0 Å². The zero-order valence-corrected chi connectivity index (χ0v) is 12.6. The number of rotatable bonds is 4. The van der Waals surface area contributed by atoms with E-state index in [0.29, 0.717) is 12.4 Å². The third-order valence-electron chi connectivity index (χ3n) is 2.46. The van der Waals surface area contributed by atoms with Crippen molar-refractivity contribution in [3.8, 4) is 5.75 Å². The van der Waals surface area contributed by atoms with Crippen molar-refractivity contribution in [1.82, 2.24) is 4.98 Å². The number of hydrogen-bond acceptors (Lipinski definition) is 4. The third kappa shape index (κ3) is 3.31. The topological polar surface area (TPSA) is 42.4 Å². The van der Waals surface area contributed by atoms with Crippen LogP contribution in [-0.4, -0.2) is 10.1 Å². The second-order valence-corrected chi connectivity index (χ2v) is 5.98. The van der Waals surface area contributed by atoms with Gasteiger partial charge in [-0.05, 0) is 32.0 Å². The molecule has 96 valence electrons. The first kappa shape index (κ1) is 13.5. The molecule has 0 amide bonds. The molecule has 2 aromatic rings. The van der Waals surface area contributed by atoms with Crippen LogP contribution in [0.3, 0.4) is 0 Å². The molecule has 0 aliphatic heterocycles. The van der Waals surface area contributed by atoms with Crippen LogP contribution in [0.15, 0.2) is 28.1 Å². The van der Waals surface area contributed by atoms with Gasteiger partial charge in [-0.25, -0.2) is 4.98 Å². The second kappa shape index (κ2) is 5.82. The Bertz CT molecular complexity index is 540. The van der Waals surface area contributed by atoms with Crippen LogP contribution in [-0.2, 0) is 6.61 Å². The van der Waals surface area contributed by atoms with Crippen molar-refractivity contribution >= 4 is 27.3 Å². The summed E-state index contributed by atoms with van der Waals surface area (Å²) < 4.78 is 6.64. The maximum absolute atomic E-state index is 9.72. The summed E-state index contributed by atoms with van der Waals surface area (Å²) in [6.07, 6.45) is -0.560.